The van der Waals surface area contributed by atoms with Crippen molar-refractivity contribution in [2.75, 3.05) is 14.2 Å². The van der Waals surface area contributed by atoms with Crippen LogP contribution in [0.15, 0.2) is 36.4 Å². The van der Waals surface area contributed by atoms with Crippen LogP contribution < -0.4 is 9.47 Å². The van der Waals surface area contributed by atoms with Gasteiger partial charge in [0.1, 0.15) is 5.75 Å². The second-order valence-corrected chi connectivity index (χ2v) is 4.11. The van der Waals surface area contributed by atoms with Gasteiger partial charge in [0.15, 0.2) is 11.6 Å². The summed E-state index contributed by atoms with van der Waals surface area (Å²) in [5.41, 5.74) is 1.71. The van der Waals surface area contributed by atoms with E-state index in [9.17, 15) is 4.39 Å². The Morgan fingerprint density at radius 3 is 2.17 bits per heavy atom. The molecule has 0 radical (unpaired) electrons. The van der Waals surface area contributed by atoms with Gasteiger partial charge >= 0.3 is 0 Å². The van der Waals surface area contributed by atoms with Gasteiger partial charge in [-0.2, -0.15) is 0 Å². The lowest BCUT2D eigenvalue weighted by atomic mass is 10.1. The third kappa shape index (κ3) is 2.41. The molecule has 2 rings (SSSR count). The van der Waals surface area contributed by atoms with Crippen molar-refractivity contribution in [2.45, 2.75) is 0 Å². The van der Waals surface area contributed by atoms with Gasteiger partial charge in [0.05, 0.1) is 19.2 Å². The lowest BCUT2D eigenvalue weighted by Crippen LogP contribution is -1.90. The Morgan fingerprint density at radius 1 is 0.944 bits per heavy atom. The van der Waals surface area contributed by atoms with Crippen LogP contribution in [0.1, 0.15) is 0 Å². The first-order valence-electron chi connectivity index (χ1n) is 5.33. The minimum Gasteiger partial charge on any atom is -0.497 e. The molecule has 0 amide bonds. The van der Waals surface area contributed by atoms with Crippen LogP contribution in [0.25, 0.3) is 11.1 Å². The van der Waals surface area contributed by atoms with Crippen molar-refractivity contribution in [3.63, 3.8) is 0 Å². The highest BCUT2D eigenvalue weighted by atomic mass is 35.5. The molecule has 0 atom stereocenters. The Labute approximate surface area is 110 Å². The number of hydrogen-bond acceptors (Lipinski definition) is 2. The molecular formula is C14H12ClFO2. The van der Waals surface area contributed by atoms with Crippen LogP contribution >= 0.6 is 11.6 Å². The summed E-state index contributed by atoms with van der Waals surface area (Å²) in [7, 11) is 3.01. The maximum atomic E-state index is 13.5. The van der Waals surface area contributed by atoms with Gasteiger partial charge in [-0.25, -0.2) is 4.39 Å². The van der Waals surface area contributed by atoms with E-state index in [0.29, 0.717) is 0 Å². The van der Waals surface area contributed by atoms with Gasteiger partial charge in [0.2, 0.25) is 0 Å². The molecule has 2 aromatic carbocycles. The average molecular weight is 267 g/mol. The largest absolute Gasteiger partial charge is 0.497 e. The highest BCUT2D eigenvalue weighted by Crippen LogP contribution is 2.32. The van der Waals surface area contributed by atoms with Crippen molar-refractivity contribution in [3.8, 4) is 22.6 Å². The molecule has 0 heterocycles. The van der Waals surface area contributed by atoms with Crippen molar-refractivity contribution < 1.29 is 13.9 Å². The van der Waals surface area contributed by atoms with Gasteiger partial charge in [0, 0.05) is 0 Å². The van der Waals surface area contributed by atoms with Crippen molar-refractivity contribution in [3.05, 3.63) is 47.2 Å². The lowest BCUT2D eigenvalue weighted by molar-refractivity contribution is 0.387. The van der Waals surface area contributed by atoms with Crippen molar-refractivity contribution in [2.24, 2.45) is 0 Å². The van der Waals surface area contributed by atoms with Gasteiger partial charge in [0.25, 0.3) is 0 Å². The van der Waals surface area contributed by atoms with Gasteiger partial charge in [-0.1, -0.05) is 23.7 Å². The van der Waals surface area contributed by atoms with E-state index < -0.39 is 5.82 Å². The molecule has 0 aromatic heterocycles. The van der Waals surface area contributed by atoms with E-state index in [4.69, 9.17) is 21.1 Å². The summed E-state index contributed by atoms with van der Waals surface area (Å²) < 4.78 is 23.6. The number of benzene rings is 2. The van der Waals surface area contributed by atoms with Crippen LogP contribution in [0.5, 0.6) is 11.5 Å². The van der Waals surface area contributed by atoms with E-state index in [1.165, 1.54) is 7.11 Å². The zero-order valence-electron chi connectivity index (χ0n) is 10.0. The number of rotatable bonds is 3. The lowest BCUT2D eigenvalue weighted by Gasteiger charge is -2.08. The minimum atomic E-state index is -0.545. The Balaban J connectivity index is 2.46. The third-order valence-corrected chi connectivity index (χ3v) is 2.91. The van der Waals surface area contributed by atoms with Crippen LogP contribution in [0.2, 0.25) is 5.02 Å². The zero-order chi connectivity index (χ0) is 13.1. The maximum absolute atomic E-state index is 13.5. The van der Waals surface area contributed by atoms with E-state index in [1.807, 2.05) is 24.3 Å². The minimum absolute atomic E-state index is 0.0418. The highest BCUT2D eigenvalue weighted by Gasteiger charge is 2.10. The molecule has 4 heteroatoms. The van der Waals surface area contributed by atoms with Crippen LogP contribution in [-0.4, -0.2) is 14.2 Å². The number of ether oxygens (including phenoxy) is 2. The monoisotopic (exact) mass is 266 g/mol. The van der Waals surface area contributed by atoms with Crippen LogP contribution in [0.4, 0.5) is 4.39 Å². The molecular weight excluding hydrogens is 255 g/mol. The van der Waals surface area contributed by atoms with E-state index in [-0.39, 0.29) is 10.8 Å². The highest BCUT2D eigenvalue weighted by molar-refractivity contribution is 6.31. The summed E-state index contributed by atoms with van der Waals surface area (Å²) in [6.07, 6.45) is 0. The topological polar surface area (TPSA) is 18.5 Å². The molecule has 18 heavy (non-hydrogen) atoms. The normalized spacial score (nSPS) is 10.2. The summed E-state index contributed by atoms with van der Waals surface area (Å²) in [5, 5.41) is 0.0418. The van der Waals surface area contributed by atoms with Crippen molar-refractivity contribution in [1.82, 2.24) is 0 Å². The smallest absolute Gasteiger partial charge is 0.183 e. The summed E-state index contributed by atoms with van der Waals surface area (Å²) in [6, 6.07) is 10.6. The molecule has 0 aliphatic carbocycles. The van der Waals surface area contributed by atoms with E-state index >= 15 is 0 Å². The van der Waals surface area contributed by atoms with Crippen molar-refractivity contribution in [1.29, 1.82) is 0 Å². The van der Waals surface area contributed by atoms with Crippen LogP contribution in [0, 0.1) is 5.82 Å². The molecule has 0 saturated heterocycles. The van der Waals surface area contributed by atoms with Crippen LogP contribution in [-0.2, 0) is 0 Å². The van der Waals surface area contributed by atoms with Gasteiger partial charge in [-0.15, -0.1) is 0 Å². The fraction of sp³-hybridized carbons (Fsp3) is 0.143. The molecule has 0 saturated carbocycles. The van der Waals surface area contributed by atoms with Crippen LogP contribution in [0.3, 0.4) is 0 Å². The molecule has 0 fully saturated rings. The molecule has 0 unspecified atom stereocenters. The predicted molar refractivity (Wildman–Crippen MR) is 70.0 cm³/mol. The second-order valence-electron chi connectivity index (χ2n) is 3.70. The molecule has 0 aliphatic heterocycles. The Morgan fingerprint density at radius 2 is 1.61 bits per heavy atom. The predicted octanol–water partition coefficient (Wildman–Crippen LogP) is 4.16. The number of halogens is 2. The quantitative estimate of drug-likeness (QED) is 0.830. The SMILES string of the molecule is COc1ccc(-c2cc(Cl)c(F)c(OC)c2)cc1. The first kappa shape index (κ1) is 12.7. The van der Waals surface area contributed by atoms with E-state index in [1.54, 1.807) is 19.2 Å². The number of methoxy groups -OCH3 is 2. The zero-order valence-corrected chi connectivity index (χ0v) is 10.8. The second kappa shape index (κ2) is 5.27. The Hall–Kier alpha value is -1.74. The Bertz CT molecular complexity index is 552. The van der Waals surface area contributed by atoms with Crippen molar-refractivity contribution >= 4 is 11.6 Å². The molecule has 94 valence electrons. The molecule has 2 aromatic rings. The molecule has 0 bridgehead atoms. The number of hydrogen-bond donors (Lipinski definition) is 0. The summed E-state index contributed by atoms with van der Waals surface area (Å²) in [5.74, 6) is 0.351. The Kier molecular flexibility index (Phi) is 3.72. The summed E-state index contributed by atoms with van der Waals surface area (Å²) in [4.78, 5) is 0. The first-order chi connectivity index (χ1) is 8.65. The fourth-order valence-electron chi connectivity index (χ4n) is 1.66. The molecule has 2 nitrogen and oxygen atoms in total. The first-order valence-corrected chi connectivity index (χ1v) is 5.71. The average Bonchev–Trinajstić information content (AvgIpc) is 2.42. The fourth-order valence-corrected chi connectivity index (χ4v) is 1.87. The van der Waals surface area contributed by atoms with Gasteiger partial charge in [-0.05, 0) is 35.4 Å². The third-order valence-electron chi connectivity index (χ3n) is 2.64. The summed E-state index contributed by atoms with van der Waals surface area (Å²) in [6.45, 7) is 0. The van der Waals surface area contributed by atoms with Gasteiger partial charge in [-0.3, -0.25) is 0 Å². The van der Waals surface area contributed by atoms with Gasteiger partial charge < -0.3 is 9.47 Å². The molecule has 0 aliphatic rings. The molecule has 0 spiro atoms. The van der Waals surface area contributed by atoms with E-state index in [0.717, 1.165) is 16.9 Å². The molecule has 0 N–H and O–H groups in total. The maximum Gasteiger partial charge on any atom is 0.183 e. The summed E-state index contributed by atoms with van der Waals surface area (Å²) >= 11 is 5.83. The standard InChI is InChI=1S/C14H12ClFO2/c1-17-11-5-3-9(4-6-11)10-7-12(15)14(16)13(8-10)18-2/h3-8H,1-2H3. The van der Waals surface area contributed by atoms with E-state index in [2.05, 4.69) is 0 Å².